The number of benzene rings is 1. The summed E-state index contributed by atoms with van der Waals surface area (Å²) in [6.07, 6.45) is 3.61. The first-order valence-corrected chi connectivity index (χ1v) is 10.1. The fourth-order valence-electron chi connectivity index (χ4n) is 2.93. The van der Waals surface area contributed by atoms with Crippen LogP contribution in [0.25, 0.3) is 0 Å². The lowest BCUT2D eigenvalue weighted by Crippen LogP contribution is -2.49. The van der Waals surface area contributed by atoms with Crippen LogP contribution in [-0.2, 0) is 15.4 Å². The SMILES string of the molecule is CCS(=O)(=O)NCCNC(=NC)NCC1(c2ccccc2)CCC1.I. The first-order chi connectivity index (χ1) is 11.5. The van der Waals surface area contributed by atoms with E-state index in [1.54, 1.807) is 14.0 Å². The standard InChI is InChI=1S/C17H28N4O2S.HI/c1-3-24(22,23)21-13-12-19-16(18-2)20-14-17(10-7-11-17)15-8-5-4-6-9-15;/h4-6,8-9,21H,3,7,10-14H2,1-2H3,(H2,18,19,20);1H. The molecule has 0 heterocycles. The predicted octanol–water partition coefficient (Wildman–Crippen LogP) is 1.83. The first kappa shape index (κ1) is 22.2. The lowest BCUT2D eigenvalue weighted by atomic mass is 9.64. The number of aliphatic imine (C=N–C) groups is 1. The van der Waals surface area contributed by atoms with E-state index in [2.05, 4.69) is 44.6 Å². The van der Waals surface area contributed by atoms with Crippen LogP contribution >= 0.6 is 24.0 Å². The number of nitrogens with one attached hydrogen (secondary N) is 3. The Morgan fingerprint density at radius 2 is 1.84 bits per heavy atom. The van der Waals surface area contributed by atoms with Crippen LogP contribution < -0.4 is 15.4 Å². The van der Waals surface area contributed by atoms with Gasteiger partial charge in [-0.3, -0.25) is 4.99 Å². The summed E-state index contributed by atoms with van der Waals surface area (Å²) < 4.78 is 25.3. The normalized spacial score (nSPS) is 16.5. The molecule has 0 spiro atoms. The molecule has 1 aromatic rings. The zero-order chi connectivity index (χ0) is 17.5. The van der Waals surface area contributed by atoms with Gasteiger partial charge in [-0.05, 0) is 25.3 Å². The van der Waals surface area contributed by atoms with E-state index in [1.807, 2.05) is 6.07 Å². The second-order valence-electron chi connectivity index (χ2n) is 6.15. The van der Waals surface area contributed by atoms with Gasteiger partial charge in [0.05, 0.1) is 5.75 Å². The largest absolute Gasteiger partial charge is 0.356 e. The van der Waals surface area contributed by atoms with Crippen molar-refractivity contribution in [1.82, 2.24) is 15.4 Å². The molecule has 6 nitrogen and oxygen atoms in total. The van der Waals surface area contributed by atoms with E-state index in [4.69, 9.17) is 0 Å². The van der Waals surface area contributed by atoms with Crippen LogP contribution in [0, 0.1) is 0 Å². The maximum atomic E-state index is 11.4. The number of guanidine groups is 1. The highest BCUT2D eigenvalue weighted by Crippen LogP contribution is 2.43. The van der Waals surface area contributed by atoms with E-state index in [9.17, 15) is 8.42 Å². The summed E-state index contributed by atoms with van der Waals surface area (Å²) in [4.78, 5) is 4.21. The van der Waals surface area contributed by atoms with Crippen molar-refractivity contribution in [2.75, 3.05) is 32.4 Å². The Labute approximate surface area is 168 Å². The third kappa shape index (κ3) is 6.41. The fourth-order valence-corrected chi connectivity index (χ4v) is 3.54. The maximum Gasteiger partial charge on any atom is 0.211 e. The second-order valence-corrected chi connectivity index (χ2v) is 8.25. The molecule has 1 saturated carbocycles. The number of hydrogen-bond acceptors (Lipinski definition) is 3. The van der Waals surface area contributed by atoms with Gasteiger partial charge in [0.1, 0.15) is 0 Å². The van der Waals surface area contributed by atoms with Gasteiger partial charge in [-0.2, -0.15) is 0 Å². The Morgan fingerprint density at radius 3 is 2.36 bits per heavy atom. The number of nitrogens with zero attached hydrogens (tertiary/aromatic N) is 1. The van der Waals surface area contributed by atoms with E-state index < -0.39 is 10.0 Å². The van der Waals surface area contributed by atoms with Gasteiger partial charge < -0.3 is 10.6 Å². The molecular formula is C17H29IN4O2S. The van der Waals surface area contributed by atoms with E-state index in [1.165, 1.54) is 24.8 Å². The minimum absolute atomic E-state index is 0. The maximum absolute atomic E-state index is 11.4. The highest BCUT2D eigenvalue weighted by Gasteiger charge is 2.38. The molecule has 0 aliphatic heterocycles. The molecule has 3 N–H and O–H groups in total. The van der Waals surface area contributed by atoms with Crippen molar-refractivity contribution in [3.63, 3.8) is 0 Å². The molecule has 25 heavy (non-hydrogen) atoms. The summed E-state index contributed by atoms with van der Waals surface area (Å²) >= 11 is 0. The van der Waals surface area contributed by atoms with Crippen LogP contribution in [0.15, 0.2) is 35.3 Å². The van der Waals surface area contributed by atoms with Crippen LogP contribution in [0.2, 0.25) is 0 Å². The van der Waals surface area contributed by atoms with Crippen molar-refractivity contribution < 1.29 is 8.42 Å². The molecule has 0 saturated heterocycles. The number of rotatable bonds is 8. The Morgan fingerprint density at radius 1 is 1.16 bits per heavy atom. The van der Waals surface area contributed by atoms with Crippen molar-refractivity contribution in [3.8, 4) is 0 Å². The zero-order valence-corrected chi connectivity index (χ0v) is 18.1. The molecule has 0 radical (unpaired) electrons. The van der Waals surface area contributed by atoms with Crippen molar-refractivity contribution in [1.29, 1.82) is 0 Å². The summed E-state index contributed by atoms with van der Waals surface area (Å²) in [5, 5.41) is 6.53. The van der Waals surface area contributed by atoms with Crippen molar-refractivity contribution in [2.24, 2.45) is 4.99 Å². The van der Waals surface area contributed by atoms with Gasteiger partial charge in [0.15, 0.2) is 5.96 Å². The molecule has 2 rings (SSSR count). The van der Waals surface area contributed by atoms with E-state index in [0.717, 1.165) is 6.54 Å². The predicted molar refractivity (Wildman–Crippen MR) is 114 cm³/mol. The summed E-state index contributed by atoms with van der Waals surface area (Å²) in [5.74, 6) is 0.799. The van der Waals surface area contributed by atoms with Crippen molar-refractivity contribution >= 4 is 40.0 Å². The average molecular weight is 480 g/mol. The fraction of sp³-hybridized carbons (Fsp3) is 0.588. The topological polar surface area (TPSA) is 82.6 Å². The highest BCUT2D eigenvalue weighted by atomic mass is 127. The van der Waals surface area contributed by atoms with Gasteiger partial charge in [-0.25, -0.2) is 13.1 Å². The Hall–Kier alpha value is -0.870. The third-order valence-corrected chi connectivity index (χ3v) is 6.04. The van der Waals surface area contributed by atoms with Crippen LogP contribution in [0.1, 0.15) is 31.7 Å². The Kier molecular flexibility index (Phi) is 9.15. The number of halogens is 1. The van der Waals surface area contributed by atoms with Gasteiger partial charge in [0, 0.05) is 32.1 Å². The molecular weight excluding hydrogens is 451 g/mol. The quantitative estimate of drug-likeness (QED) is 0.230. The lowest BCUT2D eigenvalue weighted by molar-refractivity contribution is 0.244. The van der Waals surface area contributed by atoms with Crippen LogP contribution in [-0.4, -0.2) is 46.8 Å². The van der Waals surface area contributed by atoms with E-state index >= 15 is 0 Å². The Bertz CT molecular complexity index is 646. The molecule has 1 aromatic carbocycles. The molecule has 8 heteroatoms. The Balaban J connectivity index is 0.00000312. The van der Waals surface area contributed by atoms with E-state index in [-0.39, 0.29) is 35.1 Å². The van der Waals surface area contributed by atoms with Gasteiger partial charge in [-0.15, -0.1) is 24.0 Å². The molecule has 0 aromatic heterocycles. The average Bonchev–Trinajstić information content (AvgIpc) is 2.56. The van der Waals surface area contributed by atoms with E-state index in [0.29, 0.717) is 19.0 Å². The minimum atomic E-state index is -3.14. The second kappa shape index (κ2) is 10.3. The lowest BCUT2D eigenvalue weighted by Gasteiger charge is -2.43. The van der Waals surface area contributed by atoms with Crippen LogP contribution in [0.3, 0.4) is 0 Å². The molecule has 142 valence electrons. The molecule has 0 amide bonds. The summed E-state index contributed by atoms with van der Waals surface area (Å²) in [6.45, 7) is 3.30. The molecule has 1 aliphatic rings. The minimum Gasteiger partial charge on any atom is -0.356 e. The van der Waals surface area contributed by atoms with Gasteiger partial charge in [-0.1, -0.05) is 36.8 Å². The van der Waals surface area contributed by atoms with Crippen molar-refractivity contribution in [2.45, 2.75) is 31.6 Å². The van der Waals surface area contributed by atoms with Crippen molar-refractivity contribution in [3.05, 3.63) is 35.9 Å². The van der Waals surface area contributed by atoms with Gasteiger partial charge in [0.2, 0.25) is 10.0 Å². The number of hydrogen-bond donors (Lipinski definition) is 3. The van der Waals surface area contributed by atoms with Crippen LogP contribution in [0.5, 0.6) is 0 Å². The smallest absolute Gasteiger partial charge is 0.211 e. The zero-order valence-electron chi connectivity index (χ0n) is 14.9. The third-order valence-electron chi connectivity index (χ3n) is 4.63. The first-order valence-electron chi connectivity index (χ1n) is 8.49. The molecule has 0 unspecified atom stereocenters. The summed E-state index contributed by atoms with van der Waals surface area (Å²) in [5.41, 5.74) is 1.55. The summed E-state index contributed by atoms with van der Waals surface area (Å²) in [6, 6.07) is 10.6. The van der Waals surface area contributed by atoms with Gasteiger partial charge >= 0.3 is 0 Å². The highest BCUT2D eigenvalue weighted by molar-refractivity contribution is 14.0. The van der Waals surface area contributed by atoms with Gasteiger partial charge in [0.25, 0.3) is 0 Å². The molecule has 1 aliphatic carbocycles. The van der Waals surface area contributed by atoms with Crippen LogP contribution in [0.4, 0.5) is 0 Å². The number of sulfonamides is 1. The summed E-state index contributed by atoms with van der Waals surface area (Å²) in [7, 11) is -1.42. The molecule has 0 atom stereocenters. The molecule has 1 fully saturated rings. The molecule has 0 bridgehead atoms. The monoisotopic (exact) mass is 480 g/mol.